The van der Waals surface area contributed by atoms with Crippen molar-refractivity contribution in [2.75, 3.05) is 12.5 Å². The van der Waals surface area contributed by atoms with Gasteiger partial charge >= 0.3 is 5.97 Å². The molecule has 0 unspecified atom stereocenters. The van der Waals surface area contributed by atoms with Gasteiger partial charge in [-0.2, -0.15) is 0 Å². The molecule has 0 radical (unpaired) electrons. The summed E-state index contributed by atoms with van der Waals surface area (Å²) in [6.07, 6.45) is 0. The minimum absolute atomic E-state index is 0.105. The largest absolute Gasteiger partial charge is 0.461 e. The fourth-order valence-corrected chi connectivity index (χ4v) is 0.600. The van der Waals surface area contributed by atoms with Crippen molar-refractivity contribution in [3.05, 3.63) is 0 Å². The van der Waals surface area contributed by atoms with Gasteiger partial charge in [0.1, 0.15) is 0 Å². The van der Waals surface area contributed by atoms with Crippen LogP contribution in [0.3, 0.4) is 0 Å². The summed E-state index contributed by atoms with van der Waals surface area (Å²) in [7, 11) is 0. The number of hydrogen-bond acceptors (Lipinski definition) is 5. The molecule has 0 aliphatic carbocycles. The number of alkyl halides is 1. The van der Waals surface area contributed by atoms with Gasteiger partial charge in [0.15, 0.2) is 0 Å². The SMILES string of the molecule is CCOC(=O)/C(=N/O)C(=O)CCl. The molecule has 0 fully saturated rings. The first-order chi connectivity index (χ1) is 5.67. The molecule has 6 heteroatoms. The third-order valence-corrected chi connectivity index (χ3v) is 1.20. The molecule has 0 saturated heterocycles. The quantitative estimate of drug-likeness (QED) is 0.173. The molecule has 0 rings (SSSR count). The maximum absolute atomic E-state index is 10.8. The molecule has 0 aromatic rings. The average molecular weight is 194 g/mol. The van der Waals surface area contributed by atoms with Crippen molar-refractivity contribution in [3.63, 3.8) is 0 Å². The van der Waals surface area contributed by atoms with E-state index in [0.717, 1.165) is 0 Å². The zero-order chi connectivity index (χ0) is 9.56. The maximum Gasteiger partial charge on any atom is 0.364 e. The van der Waals surface area contributed by atoms with Crippen molar-refractivity contribution >= 4 is 29.1 Å². The summed E-state index contributed by atoms with van der Waals surface area (Å²) in [5, 5.41) is 10.7. The summed E-state index contributed by atoms with van der Waals surface area (Å²) in [5.74, 6) is -2.15. The molecule has 0 aliphatic rings. The third-order valence-electron chi connectivity index (χ3n) is 0.954. The van der Waals surface area contributed by atoms with Gasteiger partial charge in [0.25, 0.3) is 0 Å². The van der Waals surface area contributed by atoms with E-state index in [2.05, 4.69) is 9.89 Å². The molecule has 1 N–H and O–H groups in total. The van der Waals surface area contributed by atoms with Crippen LogP contribution in [0.1, 0.15) is 6.92 Å². The third kappa shape index (κ3) is 2.87. The number of rotatable bonds is 4. The normalized spacial score (nSPS) is 11.0. The number of carbonyl (C=O) groups is 2. The molecule has 0 aromatic carbocycles. The van der Waals surface area contributed by atoms with E-state index in [1.54, 1.807) is 6.92 Å². The van der Waals surface area contributed by atoms with Crippen molar-refractivity contribution in [2.45, 2.75) is 6.92 Å². The molecule has 0 heterocycles. The number of ether oxygens (including phenoxy) is 1. The Kier molecular flexibility index (Phi) is 5.03. The molecule has 0 saturated carbocycles. The van der Waals surface area contributed by atoms with E-state index < -0.39 is 23.3 Å². The van der Waals surface area contributed by atoms with E-state index in [4.69, 9.17) is 16.8 Å². The Morgan fingerprint density at radius 3 is 2.50 bits per heavy atom. The van der Waals surface area contributed by atoms with Gasteiger partial charge in [-0.15, -0.1) is 11.6 Å². The number of carbonyl (C=O) groups excluding carboxylic acids is 2. The highest BCUT2D eigenvalue weighted by Crippen LogP contribution is 1.89. The highest BCUT2D eigenvalue weighted by atomic mass is 35.5. The van der Waals surface area contributed by atoms with E-state index >= 15 is 0 Å². The molecule has 0 atom stereocenters. The summed E-state index contributed by atoms with van der Waals surface area (Å²) in [6, 6.07) is 0. The first-order valence-electron chi connectivity index (χ1n) is 3.15. The Morgan fingerprint density at radius 1 is 1.58 bits per heavy atom. The Hall–Kier alpha value is -1.10. The lowest BCUT2D eigenvalue weighted by Gasteiger charge is -1.99. The lowest BCUT2D eigenvalue weighted by atomic mass is 10.3. The molecule has 0 aromatic heterocycles. The van der Waals surface area contributed by atoms with Crippen molar-refractivity contribution in [2.24, 2.45) is 5.16 Å². The van der Waals surface area contributed by atoms with E-state index in [1.807, 2.05) is 0 Å². The predicted molar refractivity (Wildman–Crippen MR) is 41.6 cm³/mol. The molecule has 12 heavy (non-hydrogen) atoms. The van der Waals surface area contributed by atoms with Crippen molar-refractivity contribution in [1.29, 1.82) is 0 Å². The summed E-state index contributed by atoms with van der Waals surface area (Å²) in [6.45, 7) is 1.67. The first-order valence-corrected chi connectivity index (χ1v) is 3.69. The lowest BCUT2D eigenvalue weighted by molar-refractivity contribution is -0.135. The van der Waals surface area contributed by atoms with Crippen molar-refractivity contribution in [3.8, 4) is 0 Å². The zero-order valence-electron chi connectivity index (χ0n) is 6.41. The Bertz CT molecular complexity index is 214. The Balaban J connectivity index is 4.37. The van der Waals surface area contributed by atoms with E-state index in [0.29, 0.717) is 0 Å². The van der Waals surface area contributed by atoms with Gasteiger partial charge in [-0.25, -0.2) is 4.79 Å². The minimum atomic E-state index is -0.967. The van der Waals surface area contributed by atoms with Gasteiger partial charge in [0, 0.05) is 0 Å². The molecule has 68 valence electrons. The monoisotopic (exact) mass is 193 g/mol. The zero-order valence-corrected chi connectivity index (χ0v) is 7.17. The summed E-state index contributed by atoms with van der Waals surface area (Å²) < 4.78 is 4.41. The number of nitrogens with zero attached hydrogens (tertiary/aromatic N) is 1. The minimum Gasteiger partial charge on any atom is -0.461 e. The van der Waals surface area contributed by atoms with Crippen LogP contribution in [0.25, 0.3) is 0 Å². The summed E-state index contributed by atoms with van der Waals surface area (Å²) in [4.78, 5) is 21.5. The summed E-state index contributed by atoms with van der Waals surface area (Å²) >= 11 is 5.12. The van der Waals surface area contributed by atoms with Crippen LogP contribution in [0, 0.1) is 0 Å². The number of halogens is 1. The second-order valence-corrected chi connectivity index (χ2v) is 1.99. The molecular weight excluding hydrogens is 186 g/mol. The molecule has 0 aliphatic heterocycles. The molecule has 0 amide bonds. The van der Waals surface area contributed by atoms with Crippen molar-refractivity contribution < 1.29 is 19.5 Å². The number of esters is 1. The van der Waals surface area contributed by atoms with Crippen molar-refractivity contribution in [1.82, 2.24) is 0 Å². The predicted octanol–water partition coefficient (Wildman–Crippen LogP) is 0.188. The van der Waals surface area contributed by atoms with Gasteiger partial charge in [0.05, 0.1) is 12.5 Å². The van der Waals surface area contributed by atoms with Crippen LogP contribution in [-0.4, -0.2) is 35.2 Å². The van der Waals surface area contributed by atoms with Gasteiger partial charge in [-0.3, -0.25) is 4.79 Å². The molecule has 5 nitrogen and oxygen atoms in total. The van der Waals surface area contributed by atoms with Gasteiger partial charge in [0.2, 0.25) is 11.5 Å². The van der Waals surface area contributed by atoms with Crippen LogP contribution in [0.15, 0.2) is 5.16 Å². The Labute approximate surface area is 73.9 Å². The standard InChI is InChI=1S/C6H8ClNO4/c1-2-12-6(10)5(8-11)4(9)3-7/h11H,2-3H2,1H3/b8-5+. The summed E-state index contributed by atoms with van der Waals surface area (Å²) in [5.41, 5.74) is -0.674. The Morgan fingerprint density at radius 2 is 2.17 bits per heavy atom. The van der Waals surface area contributed by atoms with Crippen LogP contribution >= 0.6 is 11.6 Å². The van der Waals surface area contributed by atoms with E-state index in [-0.39, 0.29) is 6.61 Å². The topological polar surface area (TPSA) is 76.0 Å². The van der Waals surface area contributed by atoms with Gasteiger partial charge < -0.3 is 9.94 Å². The molecule has 0 spiro atoms. The first kappa shape index (κ1) is 10.9. The van der Waals surface area contributed by atoms with Gasteiger partial charge in [-0.05, 0) is 6.92 Å². The maximum atomic E-state index is 10.8. The van der Waals surface area contributed by atoms with Crippen LogP contribution in [0.4, 0.5) is 0 Å². The van der Waals surface area contributed by atoms with Crippen LogP contribution in [0.2, 0.25) is 0 Å². The van der Waals surface area contributed by atoms with E-state index in [9.17, 15) is 9.59 Å². The fraction of sp³-hybridized carbons (Fsp3) is 0.500. The van der Waals surface area contributed by atoms with E-state index in [1.165, 1.54) is 0 Å². The number of ketones is 1. The molecule has 0 bridgehead atoms. The number of Topliss-reactive ketones (excluding diaryl/α,β-unsaturated/α-hetero) is 1. The van der Waals surface area contributed by atoms with Crippen LogP contribution in [0.5, 0.6) is 0 Å². The molecular formula is C6H8ClNO4. The van der Waals surface area contributed by atoms with Crippen LogP contribution < -0.4 is 0 Å². The number of oxime groups is 1. The smallest absolute Gasteiger partial charge is 0.364 e. The van der Waals surface area contributed by atoms with Crippen LogP contribution in [-0.2, 0) is 14.3 Å². The number of hydrogen-bond donors (Lipinski definition) is 1. The fourth-order valence-electron chi connectivity index (χ4n) is 0.473. The average Bonchev–Trinajstić information content (AvgIpc) is 2.06. The lowest BCUT2D eigenvalue weighted by Crippen LogP contribution is -2.27. The highest BCUT2D eigenvalue weighted by Gasteiger charge is 2.21. The highest BCUT2D eigenvalue weighted by molar-refractivity contribution is 6.67. The van der Waals surface area contributed by atoms with Gasteiger partial charge in [-0.1, -0.05) is 5.16 Å². The second kappa shape index (κ2) is 5.54. The second-order valence-electron chi connectivity index (χ2n) is 1.73.